The monoisotopic (exact) mass is 305 g/mol. The zero-order chi connectivity index (χ0) is 15.0. The smallest absolute Gasteiger partial charge is 0.151 e. The fourth-order valence-electron chi connectivity index (χ4n) is 2.08. The molecule has 3 nitrogen and oxygen atoms in total. The highest BCUT2D eigenvalue weighted by Crippen LogP contribution is 2.35. The first kappa shape index (κ1) is 13.6. The number of nitrogens with zero attached hydrogens (tertiary/aromatic N) is 1. The molecule has 2 aromatic carbocycles. The highest BCUT2D eigenvalue weighted by atomic mass is 35.5. The van der Waals surface area contributed by atoms with Gasteiger partial charge in [-0.1, -0.05) is 29.8 Å². The van der Waals surface area contributed by atoms with E-state index in [2.05, 4.69) is 10.3 Å². The molecule has 21 heavy (non-hydrogen) atoms. The molecule has 6 heteroatoms. The molecule has 0 aliphatic heterocycles. The maximum absolute atomic E-state index is 13.9. The Morgan fingerprint density at radius 1 is 1.10 bits per heavy atom. The van der Waals surface area contributed by atoms with Crippen molar-refractivity contribution in [1.29, 1.82) is 0 Å². The molecule has 0 atom stereocenters. The van der Waals surface area contributed by atoms with Crippen molar-refractivity contribution in [2.24, 2.45) is 0 Å². The Morgan fingerprint density at radius 3 is 2.62 bits per heavy atom. The van der Waals surface area contributed by atoms with Gasteiger partial charge >= 0.3 is 0 Å². The van der Waals surface area contributed by atoms with Gasteiger partial charge in [-0.2, -0.15) is 0 Å². The summed E-state index contributed by atoms with van der Waals surface area (Å²) in [6.45, 7) is 0. The Balaban J connectivity index is 2.17. The van der Waals surface area contributed by atoms with Crippen LogP contribution in [-0.2, 0) is 0 Å². The van der Waals surface area contributed by atoms with Gasteiger partial charge in [0.25, 0.3) is 0 Å². The van der Waals surface area contributed by atoms with Crippen LogP contribution >= 0.6 is 11.6 Å². The van der Waals surface area contributed by atoms with E-state index in [1.807, 2.05) is 18.2 Å². The Kier molecular flexibility index (Phi) is 3.35. The van der Waals surface area contributed by atoms with Crippen LogP contribution in [0.15, 0.2) is 42.6 Å². The summed E-state index contributed by atoms with van der Waals surface area (Å²) in [7, 11) is 0. The number of benzene rings is 2. The number of hydrogen-bond donors (Lipinski definition) is 2. The van der Waals surface area contributed by atoms with Crippen LogP contribution in [0.5, 0.6) is 0 Å². The molecule has 0 aliphatic rings. The van der Waals surface area contributed by atoms with Crippen LogP contribution < -0.4 is 11.1 Å². The molecular formula is C15H10ClF2N3. The zero-order valence-corrected chi connectivity index (χ0v) is 11.5. The number of aromatic nitrogens is 1. The summed E-state index contributed by atoms with van der Waals surface area (Å²) in [4.78, 5) is 4.19. The van der Waals surface area contributed by atoms with E-state index in [0.717, 1.165) is 17.5 Å². The Labute approximate surface area is 124 Å². The second-order valence-corrected chi connectivity index (χ2v) is 4.88. The number of nitrogens with one attached hydrogen (secondary N) is 1. The van der Waals surface area contributed by atoms with Crippen molar-refractivity contribution in [3.05, 3.63) is 59.3 Å². The molecule has 0 fully saturated rings. The molecule has 0 saturated carbocycles. The number of anilines is 3. The Bertz CT molecular complexity index is 813. The summed E-state index contributed by atoms with van der Waals surface area (Å²) in [6.07, 6.45) is 1.47. The fraction of sp³-hybridized carbons (Fsp3) is 0. The number of nitrogens with two attached hydrogens (primary N) is 1. The van der Waals surface area contributed by atoms with Crippen molar-refractivity contribution < 1.29 is 8.78 Å². The maximum atomic E-state index is 13.9. The Morgan fingerprint density at radius 2 is 1.86 bits per heavy atom. The van der Waals surface area contributed by atoms with E-state index >= 15 is 0 Å². The van der Waals surface area contributed by atoms with E-state index in [4.69, 9.17) is 17.3 Å². The molecular weight excluding hydrogens is 296 g/mol. The maximum Gasteiger partial charge on any atom is 0.151 e. The van der Waals surface area contributed by atoms with Crippen LogP contribution in [0.2, 0.25) is 5.02 Å². The number of halogens is 3. The summed E-state index contributed by atoms with van der Waals surface area (Å²) >= 11 is 5.89. The molecule has 1 aromatic heterocycles. The van der Waals surface area contributed by atoms with Crippen LogP contribution in [0.1, 0.15) is 0 Å². The van der Waals surface area contributed by atoms with E-state index < -0.39 is 11.6 Å². The molecule has 3 aromatic rings. The molecule has 106 valence electrons. The first-order valence-electron chi connectivity index (χ1n) is 6.11. The van der Waals surface area contributed by atoms with Crippen LogP contribution in [0.3, 0.4) is 0 Å². The summed E-state index contributed by atoms with van der Waals surface area (Å²) < 4.78 is 27.0. The SMILES string of the molecule is Nc1cnc2ccccc2c1Nc1c(F)cc(F)cc1Cl. The lowest BCUT2D eigenvalue weighted by molar-refractivity contribution is 0.586. The van der Waals surface area contributed by atoms with Gasteiger partial charge in [-0.15, -0.1) is 0 Å². The number of rotatable bonds is 2. The average molecular weight is 306 g/mol. The third-order valence-corrected chi connectivity index (χ3v) is 3.36. The lowest BCUT2D eigenvalue weighted by Gasteiger charge is -2.14. The van der Waals surface area contributed by atoms with Gasteiger partial charge in [-0.3, -0.25) is 4.98 Å². The van der Waals surface area contributed by atoms with E-state index in [9.17, 15) is 8.78 Å². The number of pyridine rings is 1. The van der Waals surface area contributed by atoms with Crippen molar-refractivity contribution in [1.82, 2.24) is 4.98 Å². The summed E-state index contributed by atoms with van der Waals surface area (Å²) in [5, 5.41) is 3.50. The molecule has 1 heterocycles. The second-order valence-electron chi connectivity index (χ2n) is 4.48. The molecule has 0 aliphatic carbocycles. The number of fused-ring (bicyclic) bond motifs is 1. The van der Waals surface area contributed by atoms with Crippen LogP contribution in [0.25, 0.3) is 10.9 Å². The van der Waals surface area contributed by atoms with Gasteiger partial charge in [0.05, 0.1) is 33.8 Å². The van der Waals surface area contributed by atoms with Gasteiger partial charge in [0.15, 0.2) is 5.82 Å². The van der Waals surface area contributed by atoms with Crippen molar-refractivity contribution in [3.63, 3.8) is 0 Å². The van der Waals surface area contributed by atoms with Crippen LogP contribution in [-0.4, -0.2) is 4.98 Å². The van der Waals surface area contributed by atoms with Gasteiger partial charge < -0.3 is 11.1 Å². The van der Waals surface area contributed by atoms with Gasteiger partial charge in [-0.05, 0) is 12.1 Å². The molecule has 0 saturated heterocycles. The molecule has 0 unspecified atom stereocenters. The van der Waals surface area contributed by atoms with Gasteiger partial charge in [0, 0.05) is 11.5 Å². The normalized spacial score (nSPS) is 10.8. The van der Waals surface area contributed by atoms with E-state index in [1.165, 1.54) is 6.20 Å². The largest absolute Gasteiger partial charge is 0.396 e. The number of para-hydroxylation sites is 1. The fourth-order valence-corrected chi connectivity index (χ4v) is 2.32. The Hall–Kier alpha value is -2.40. The van der Waals surface area contributed by atoms with Gasteiger partial charge in [0.1, 0.15) is 5.82 Å². The molecule has 0 radical (unpaired) electrons. The van der Waals surface area contributed by atoms with E-state index in [0.29, 0.717) is 16.9 Å². The van der Waals surface area contributed by atoms with Crippen molar-refractivity contribution in [3.8, 4) is 0 Å². The number of nitrogen functional groups attached to an aromatic ring is 1. The summed E-state index contributed by atoms with van der Waals surface area (Å²) in [6, 6.07) is 9.05. The van der Waals surface area contributed by atoms with Crippen molar-refractivity contribution >= 4 is 39.6 Å². The average Bonchev–Trinajstić information content (AvgIpc) is 2.44. The zero-order valence-electron chi connectivity index (χ0n) is 10.7. The third kappa shape index (κ3) is 2.48. The van der Waals surface area contributed by atoms with E-state index in [1.54, 1.807) is 6.07 Å². The minimum Gasteiger partial charge on any atom is -0.396 e. The topological polar surface area (TPSA) is 50.9 Å². The molecule has 3 N–H and O–H groups in total. The molecule has 3 rings (SSSR count). The predicted molar refractivity (Wildman–Crippen MR) is 80.8 cm³/mol. The quantitative estimate of drug-likeness (QED) is 0.733. The van der Waals surface area contributed by atoms with Gasteiger partial charge in [-0.25, -0.2) is 8.78 Å². The third-order valence-electron chi connectivity index (χ3n) is 3.06. The lowest BCUT2D eigenvalue weighted by atomic mass is 10.1. The second kappa shape index (κ2) is 5.18. The summed E-state index contributed by atoms with van der Waals surface area (Å²) in [5.74, 6) is -1.53. The number of hydrogen-bond acceptors (Lipinski definition) is 3. The molecule has 0 amide bonds. The lowest BCUT2D eigenvalue weighted by Crippen LogP contribution is -2.01. The minimum atomic E-state index is -0.791. The van der Waals surface area contributed by atoms with Crippen LogP contribution in [0, 0.1) is 11.6 Å². The molecule has 0 spiro atoms. The van der Waals surface area contributed by atoms with E-state index in [-0.39, 0.29) is 10.7 Å². The van der Waals surface area contributed by atoms with Crippen molar-refractivity contribution in [2.45, 2.75) is 0 Å². The van der Waals surface area contributed by atoms with Gasteiger partial charge in [0.2, 0.25) is 0 Å². The first-order chi connectivity index (χ1) is 10.1. The van der Waals surface area contributed by atoms with Crippen molar-refractivity contribution in [2.75, 3.05) is 11.1 Å². The standard InChI is InChI=1S/C15H10ClF2N3/c16-10-5-8(17)6-11(18)15(10)21-14-9-3-1-2-4-13(9)20-7-12(14)19/h1-7H,19H2,(H,20,21). The summed E-state index contributed by atoms with van der Waals surface area (Å²) in [5.41, 5.74) is 7.40. The van der Waals surface area contributed by atoms with Crippen LogP contribution in [0.4, 0.5) is 25.8 Å². The molecule has 0 bridgehead atoms. The predicted octanol–water partition coefficient (Wildman–Crippen LogP) is 4.49. The first-order valence-corrected chi connectivity index (χ1v) is 6.49. The highest BCUT2D eigenvalue weighted by molar-refractivity contribution is 6.33. The minimum absolute atomic E-state index is 0.0267. The highest BCUT2D eigenvalue weighted by Gasteiger charge is 2.13.